The van der Waals surface area contributed by atoms with Gasteiger partial charge in [0.25, 0.3) is 0 Å². The summed E-state index contributed by atoms with van der Waals surface area (Å²) in [4.78, 5) is 24.8. The lowest BCUT2D eigenvalue weighted by atomic mass is 10.0. The maximum absolute atomic E-state index is 11.5. The van der Waals surface area contributed by atoms with E-state index >= 15 is 0 Å². The molecule has 18 heavy (non-hydrogen) atoms. The third-order valence-electron chi connectivity index (χ3n) is 3.34. The minimum absolute atomic E-state index is 0.221. The van der Waals surface area contributed by atoms with Crippen LogP contribution in [0.15, 0.2) is 0 Å². The summed E-state index contributed by atoms with van der Waals surface area (Å²) in [6.07, 6.45) is 2.63. The zero-order valence-electron chi connectivity index (χ0n) is 11.3. The van der Waals surface area contributed by atoms with Crippen LogP contribution in [0.1, 0.15) is 26.2 Å². The minimum Gasteiger partial charge on any atom is -0.341 e. The summed E-state index contributed by atoms with van der Waals surface area (Å²) in [7, 11) is 1.50. The van der Waals surface area contributed by atoms with E-state index in [2.05, 4.69) is 27.8 Å². The number of hydrogen-bond donors (Lipinski definition) is 3. The number of hydrogen-bond acceptors (Lipinski definition) is 4. The number of amides is 3. The smallest absolute Gasteiger partial charge is 0.321 e. The van der Waals surface area contributed by atoms with Gasteiger partial charge in [0.05, 0.1) is 0 Å². The molecule has 0 aliphatic carbocycles. The molecule has 1 rings (SSSR count). The molecule has 1 heterocycles. The lowest BCUT2D eigenvalue weighted by molar-refractivity contribution is -0.120. The number of rotatable bonds is 5. The first kappa shape index (κ1) is 14.9. The van der Waals surface area contributed by atoms with Gasteiger partial charge in [0.2, 0.25) is 5.91 Å². The molecule has 0 aromatic rings. The van der Waals surface area contributed by atoms with Crippen LogP contribution in [0.2, 0.25) is 0 Å². The summed E-state index contributed by atoms with van der Waals surface area (Å²) in [5.41, 5.74) is 0. The maximum atomic E-state index is 11.5. The molecule has 0 saturated carbocycles. The van der Waals surface area contributed by atoms with Gasteiger partial charge in [0, 0.05) is 26.1 Å². The lowest BCUT2D eigenvalue weighted by Crippen LogP contribution is -2.45. The minimum atomic E-state index is -0.440. The quantitative estimate of drug-likeness (QED) is 0.642. The molecule has 0 spiro atoms. The van der Waals surface area contributed by atoms with Crippen LogP contribution in [0.4, 0.5) is 4.79 Å². The van der Waals surface area contributed by atoms with Crippen molar-refractivity contribution in [1.29, 1.82) is 0 Å². The fourth-order valence-electron chi connectivity index (χ4n) is 2.27. The second-order valence-corrected chi connectivity index (χ2v) is 4.49. The third-order valence-corrected chi connectivity index (χ3v) is 3.34. The van der Waals surface area contributed by atoms with Crippen LogP contribution >= 0.6 is 0 Å². The Morgan fingerprint density at radius 2 is 2.00 bits per heavy atom. The van der Waals surface area contributed by atoms with E-state index in [9.17, 15) is 9.59 Å². The number of nitrogens with one attached hydrogen (secondary N) is 3. The standard InChI is InChI=1S/C12H24N4O2/c1-3-16(10-4-7-14-8-5-10)9-6-11(17)15-12(18)13-2/h10,14H,3-9H2,1-2H3,(H2,13,15,17,18). The van der Waals surface area contributed by atoms with Crippen LogP contribution in [0.3, 0.4) is 0 Å². The van der Waals surface area contributed by atoms with Crippen LogP contribution in [0, 0.1) is 0 Å². The van der Waals surface area contributed by atoms with Crippen molar-refractivity contribution in [2.75, 3.05) is 33.2 Å². The molecule has 0 unspecified atom stereocenters. The molecular weight excluding hydrogens is 232 g/mol. The van der Waals surface area contributed by atoms with Gasteiger partial charge < -0.3 is 15.5 Å². The van der Waals surface area contributed by atoms with Gasteiger partial charge in [-0.25, -0.2) is 4.79 Å². The Balaban J connectivity index is 2.29. The van der Waals surface area contributed by atoms with Gasteiger partial charge >= 0.3 is 6.03 Å². The second kappa shape index (κ2) is 8.05. The van der Waals surface area contributed by atoms with Gasteiger partial charge in [-0.15, -0.1) is 0 Å². The monoisotopic (exact) mass is 256 g/mol. The van der Waals surface area contributed by atoms with Gasteiger partial charge in [-0.1, -0.05) is 6.92 Å². The Labute approximate surface area is 108 Å². The Morgan fingerprint density at radius 3 is 2.56 bits per heavy atom. The Bertz CT molecular complexity index is 277. The molecule has 1 aliphatic rings. The Hall–Kier alpha value is -1.14. The number of piperidine rings is 1. The van der Waals surface area contributed by atoms with Gasteiger partial charge in [0.15, 0.2) is 0 Å². The van der Waals surface area contributed by atoms with E-state index in [1.54, 1.807) is 0 Å². The van der Waals surface area contributed by atoms with Gasteiger partial charge in [0.1, 0.15) is 0 Å². The highest BCUT2D eigenvalue weighted by atomic mass is 16.2. The molecule has 6 nitrogen and oxygen atoms in total. The molecular formula is C12H24N4O2. The number of carbonyl (C=O) groups is 2. The van der Waals surface area contributed by atoms with Crippen molar-refractivity contribution >= 4 is 11.9 Å². The van der Waals surface area contributed by atoms with E-state index in [0.717, 1.165) is 32.5 Å². The largest absolute Gasteiger partial charge is 0.341 e. The van der Waals surface area contributed by atoms with Crippen molar-refractivity contribution in [3.8, 4) is 0 Å². The van der Waals surface area contributed by atoms with Crippen molar-refractivity contribution in [3.63, 3.8) is 0 Å². The van der Waals surface area contributed by atoms with Gasteiger partial charge in [-0.3, -0.25) is 10.1 Å². The van der Waals surface area contributed by atoms with Crippen LogP contribution < -0.4 is 16.0 Å². The first-order valence-corrected chi connectivity index (χ1v) is 6.63. The van der Waals surface area contributed by atoms with E-state index < -0.39 is 6.03 Å². The topological polar surface area (TPSA) is 73.5 Å². The van der Waals surface area contributed by atoms with Crippen molar-refractivity contribution in [2.45, 2.75) is 32.2 Å². The van der Waals surface area contributed by atoms with E-state index in [1.807, 2.05) is 0 Å². The zero-order chi connectivity index (χ0) is 13.4. The normalized spacial score (nSPS) is 16.6. The lowest BCUT2D eigenvalue weighted by Gasteiger charge is -2.33. The van der Waals surface area contributed by atoms with Crippen LogP contribution in [-0.2, 0) is 4.79 Å². The Kier molecular flexibility index (Phi) is 6.67. The highest BCUT2D eigenvalue weighted by molar-refractivity contribution is 5.94. The van der Waals surface area contributed by atoms with Crippen molar-refractivity contribution in [2.24, 2.45) is 0 Å². The summed E-state index contributed by atoms with van der Waals surface area (Å²) >= 11 is 0. The molecule has 104 valence electrons. The Morgan fingerprint density at radius 1 is 1.33 bits per heavy atom. The van der Waals surface area contributed by atoms with Crippen LogP contribution in [0.25, 0.3) is 0 Å². The molecule has 1 fully saturated rings. The highest BCUT2D eigenvalue weighted by Crippen LogP contribution is 2.11. The average Bonchev–Trinajstić information content (AvgIpc) is 2.40. The third kappa shape index (κ3) is 5.01. The highest BCUT2D eigenvalue weighted by Gasteiger charge is 2.20. The summed E-state index contributed by atoms with van der Waals surface area (Å²) in [5, 5.41) is 7.99. The molecule has 0 aromatic heterocycles. The van der Waals surface area contributed by atoms with Gasteiger partial charge in [-0.2, -0.15) is 0 Å². The first-order chi connectivity index (χ1) is 8.67. The first-order valence-electron chi connectivity index (χ1n) is 6.63. The molecule has 0 bridgehead atoms. The maximum Gasteiger partial charge on any atom is 0.321 e. The fraction of sp³-hybridized carbons (Fsp3) is 0.833. The molecule has 3 amide bonds. The summed E-state index contributed by atoms with van der Waals surface area (Å²) in [6, 6.07) is 0.119. The summed E-state index contributed by atoms with van der Waals surface area (Å²) in [6.45, 7) is 5.86. The molecule has 0 aromatic carbocycles. The molecule has 6 heteroatoms. The molecule has 0 radical (unpaired) electrons. The number of urea groups is 1. The molecule has 1 saturated heterocycles. The van der Waals surface area contributed by atoms with E-state index in [1.165, 1.54) is 7.05 Å². The predicted molar refractivity (Wildman–Crippen MR) is 70.4 cm³/mol. The summed E-state index contributed by atoms with van der Waals surface area (Å²) < 4.78 is 0. The zero-order valence-corrected chi connectivity index (χ0v) is 11.3. The van der Waals surface area contributed by atoms with Crippen LogP contribution in [0.5, 0.6) is 0 Å². The molecule has 1 aliphatic heterocycles. The SMILES string of the molecule is CCN(CCC(=O)NC(=O)NC)C1CCNCC1. The van der Waals surface area contributed by atoms with Crippen LogP contribution in [-0.4, -0.2) is 56.1 Å². The van der Waals surface area contributed by atoms with Crippen molar-refractivity contribution in [1.82, 2.24) is 20.9 Å². The second-order valence-electron chi connectivity index (χ2n) is 4.49. The average molecular weight is 256 g/mol. The molecule has 0 atom stereocenters. The van der Waals surface area contributed by atoms with E-state index in [-0.39, 0.29) is 5.91 Å². The predicted octanol–water partition coefficient (Wildman–Crippen LogP) is -0.0940. The van der Waals surface area contributed by atoms with Crippen molar-refractivity contribution < 1.29 is 9.59 Å². The fourth-order valence-corrected chi connectivity index (χ4v) is 2.27. The van der Waals surface area contributed by atoms with Crippen molar-refractivity contribution in [3.05, 3.63) is 0 Å². The summed E-state index contributed by atoms with van der Waals surface area (Å²) in [5.74, 6) is -0.221. The number of imide groups is 1. The number of carbonyl (C=O) groups excluding carboxylic acids is 2. The van der Waals surface area contributed by atoms with E-state index in [4.69, 9.17) is 0 Å². The number of nitrogens with zero attached hydrogens (tertiary/aromatic N) is 1. The van der Waals surface area contributed by atoms with E-state index in [0.29, 0.717) is 19.0 Å². The van der Waals surface area contributed by atoms with Gasteiger partial charge in [-0.05, 0) is 32.5 Å². The molecule has 3 N–H and O–H groups in total.